The van der Waals surface area contributed by atoms with Crippen LogP contribution in [0.25, 0.3) is 11.5 Å². The molecule has 4 nitrogen and oxygen atoms in total. The van der Waals surface area contributed by atoms with Crippen LogP contribution in [0.4, 0.5) is 0 Å². The van der Waals surface area contributed by atoms with Gasteiger partial charge in [0.1, 0.15) is 5.76 Å². The van der Waals surface area contributed by atoms with Crippen LogP contribution in [0.5, 0.6) is 0 Å². The van der Waals surface area contributed by atoms with Gasteiger partial charge in [-0.2, -0.15) is 0 Å². The van der Waals surface area contributed by atoms with Crippen molar-refractivity contribution in [3.8, 4) is 11.5 Å². The molecule has 0 aliphatic heterocycles. The molecule has 0 fully saturated rings. The van der Waals surface area contributed by atoms with Crippen molar-refractivity contribution in [1.29, 1.82) is 0 Å². The van der Waals surface area contributed by atoms with E-state index in [2.05, 4.69) is 24.1 Å². The maximum absolute atomic E-state index is 11.8. The van der Waals surface area contributed by atoms with Crippen molar-refractivity contribution in [1.82, 2.24) is 10.3 Å². The molecule has 0 aliphatic rings. The average molecular weight is 367 g/mol. The second-order valence-corrected chi connectivity index (χ2v) is 7.48. The molecule has 24 heavy (non-hydrogen) atoms. The van der Waals surface area contributed by atoms with Crippen LogP contribution < -0.4 is 5.32 Å². The second-order valence-electron chi connectivity index (χ2n) is 6.05. The summed E-state index contributed by atoms with van der Waals surface area (Å²) >= 11 is 7.44. The molecule has 6 heteroatoms. The standard InChI is InChI=1S/C18H23ClN2O2S/c1-12(2)8-9-20-17(22)11-24-10-16-13(3)23-18(21-16)14-4-6-15(19)7-5-14/h4-7,12H,8-11H2,1-3H3,(H,20,22). The van der Waals surface area contributed by atoms with Gasteiger partial charge in [0.25, 0.3) is 0 Å². The fraction of sp³-hybridized carbons (Fsp3) is 0.444. The van der Waals surface area contributed by atoms with E-state index >= 15 is 0 Å². The van der Waals surface area contributed by atoms with Crippen molar-refractivity contribution in [3.63, 3.8) is 0 Å². The Bertz CT molecular complexity index is 668. The van der Waals surface area contributed by atoms with Gasteiger partial charge in [0.05, 0.1) is 11.4 Å². The van der Waals surface area contributed by atoms with Crippen LogP contribution in [-0.4, -0.2) is 23.2 Å². The molecule has 0 saturated heterocycles. The molecule has 1 N–H and O–H groups in total. The summed E-state index contributed by atoms with van der Waals surface area (Å²) in [5.41, 5.74) is 1.77. The molecule has 130 valence electrons. The van der Waals surface area contributed by atoms with Crippen LogP contribution in [0.3, 0.4) is 0 Å². The van der Waals surface area contributed by atoms with Gasteiger partial charge in [0, 0.05) is 22.9 Å². The number of nitrogens with one attached hydrogen (secondary N) is 1. The van der Waals surface area contributed by atoms with E-state index < -0.39 is 0 Å². The Kier molecular flexibility index (Phi) is 7.18. The zero-order valence-corrected chi connectivity index (χ0v) is 15.8. The Morgan fingerprint density at radius 3 is 2.71 bits per heavy atom. The van der Waals surface area contributed by atoms with E-state index in [1.54, 1.807) is 11.8 Å². The van der Waals surface area contributed by atoms with Crippen LogP contribution >= 0.6 is 23.4 Å². The number of hydrogen-bond donors (Lipinski definition) is 1. The monoisotopic (exact) mass is 366 g/mol. The summed E-state index contributed by atoms with van der Waals surface area (Å²) in [5, 5.41) is 3.62. The van der Waals surface area contributed by atoms with Gasteiger partial charge in [0.15, 0.2) is 0 Å². The molecule has 0 aliphatic carbocycles. The van der Waals surface area contributed by atoms with Crippen molar-refractivity contribution in [2.75, 3.05) is 12.3 Å². The first-order valence-electron chi connectivity index (χ1n) is 8.02. The molecular formula is C18H23ClN2O2S. The van der Waals surface area contributed by atoms with Crippen LogP contribution in [0.15, 0.2) is 28.7 Å². The zero-order chi connectivity index (χ0) is 17.5. The van der Waals surface area contributed by atoms with Crippen LogP contribution in [-0.2, 0) is 10.5 Å². The third-order valence-corrected chi connectivity index (χ3v) is 4.70. The smallest absolute Gasteiger partial charge is 0.230 e. The minimum atomic E-state index is 0.0692. The molecular weight excluding hydrogens is 344 g/mol. The molecule has 2 aromatic rings. The van der Waals surface area contributed by atoms with E-state index in [-0.39, 0.29) is 5.91 Å². The Hall–Kier alpha value is -1.46. The van der Waals surface area contributed by atoms with Gasteiger partial charge in [-0.15, -0.1) is 11.8 Å². The number of carbonyl (C=O) groups excluding carboxylic acids is 1. The predicted molar refractivity (Wildman–Crippen MR) is 100 cm³/mol. The van der Waals surface area contributed by atoms with Gasteiger partial charge in [0.2, 0.25) is 11.8 Å². The molecule has 1 aromatic carbocycles. The molecule has 2 rings (SSSR count). The van der Waals surface area contributed by atoms with Crippen LogP contribution in [0.1, 0.15) is 31.7 Å². The minimum absolute atomic E-state index is 0.0692. The largest absolute Gasteiger partial charge is 0.441 e. The Morgan fingerprint density at radius 1 is 1.33 bits per heavy atom. The number of carbonyl (C=O) groups is 1. The summed E-state index contributed by atoms with van der Waals surface area (Å²) in [4.78, 5) is 16.3. The zero-order valence-electron chi connectivity index (χ0n) is 14.3. The Labute approximate surface area is 152 Å². The molecule has 0 saturated carbocycles. The summed E-state index contributed by atoms with van der Waals surface area (Å²) in [6.45, 7) is 6.92. The second kappa shape index (κ2) is 9.14. The lowest BCUT2D eigenvalue weighted by Crippen LogP contribution is -2.26. The number of aryl methyl sites for hydroxylation is 1. The van der Waals surface area contributed by atoms with E-state index in [1.807, 2.05) is 31.2 Å². The molecule has 0 bridgehead atoms. The van der Waals surface area contributed by atoms with Crippen molar-refractivity contribution >= 4 is 29.3 Å². The molecule has 0 atom stereocenters. The summed E-state index contributed by atoms with van der Waals surface area (Å²) in [6, 6.07) is 7.39. The third-order valence-electron chi connectivity index (χ3n) is 3.50. The quantitative estimate of drug-likeness (QED) is 0.735. The van der Waals surface area contributed by atoms with E-state index in [9.17, 15) is 4.79 Å². The number of halogens is 1. The highest BCUT2D eigenvalue weighted by Gasteiger charge is 2.12. The van der Waals surface area contributed by atoms with Crippen LogP contribution in [0, 0.1) is 12.8 Å². The van der Waals surface area contributed by atoms with Gasteiger partial charge >= 0.3 is 0 Å². The number of rotatable bonds is 8. The topological polar surface area (TPSA) is 55.1 Å². The normalized spacial score (nSPS) is 11.0. The number of amides is 1. The van der Waals surface area contributed by atoms with Gasteiger partial charge in [-0.3, -0.25) is 4.79 Å². The Morgan fingerprint density at radius 2 is 2.04 bits per heavy atom. The number of hydrogen-bond acceptors (Lipinski definition) is 4. The number of benzene rings is 1. The maximum Gasteiger partial charge on any atom is 0.230 e. The highest BCUT2D eigenvalue weighted by atomic mass is 35.5. The first kappa shape index (κ1) is 18.9. The average Bonchev–Trinajstić information content (AvgIpc) is 2.89. The van der Waals surface area contributed by atoms with Gasteiger partial charge in [-0.05, 0) is 43.5 Å². The highest BCUT2D eigenvalue weighted by molar-refractivity contribution is 7.99. The molecule has 0 unspecified atom stereocenters. The number of aromatic nitrogens is 1. The fourth-order valence-electron chi connectivity index (χ4n) is 2.07. The van der Waals surface area contributed by atoms with Crippen molar-refractivity contribution in [2.45, 2.75) is 32.9 Å². The first-order valence-corrected chi connectivity index (χ1v) is 9.55. The van der Waals surface area contributed by atoms with Crippen LogP contribution in [0.2, 0.25) is 5.02 Å². The molecule has 1 heterocycles. The number of thioether (sulfide) groups is 1. The molecule has 0 radical (unpaired) electrons. The van der Waals surface area contributed by atoms with Gasteiger partial charge in [-0.25, -0.2) is 4.98 Å². The lowest BCUT2D eigenvalue weighted by molar-refractivity contribution is -0.118. The molecule has 1 aromatic heterocycles. The van der Waals surface area contributed by atoms with E-state index in [0.717, 1.165) is 30.0 Å². The maximum atomic E-state index is 11.8. The number of nitrogens with zero attached hydrogens (tertiary/aromatic N) is 1. The lowest BCUT2D eigenvalue weighted by Gasteiger charge is -2.06. The summed E-state index contributed by atoms with van der Waals surface area (Å²) in [6.07, 6.45) is 1.00. The number of oxazole rings is 1. The van der Waals surface area contributed by atoms with Crippen molar-refractivity contribution < 1.29 is 9.21 Å². The highest BCUT2D eigenvalue weighted by Crippen LogP contribution is 2.25. The van der Waals surface area contributed by atoms with Crippen molar-refractivity contribution in [2.24, 2.45) is 5.92 Å². The van der Waals surface area contributed by atoms with Gasteiger partial charge in [-0.1, -0.05) is 25.4 Å². The summed E-state index contributed by atoms with van der Waals surface area (Å²) < 4.78 is 5.72. The Balaban J connectivity index is 1.83. The van der Waals surface area contributed by atoms with E-state index in [4.69, 9.17) is 16.0 Å². The summed E-state index contributed by atoms with van der Waals surface area (Å²) in [5.74, 6) is 3.12. The molecule has 0 spiro atoms. The SMILES string of the molecule is Cc1oc(-c2ccc(Cl)cc2)nc1CSCC(=O)NCCC(C)C. The summed E-state index contributed by atoms with van der Waals surface area (Å²) in [7, 11) is 0. The fourth-order valence-corrected chi connectivity index (χ4v) is 3.05. The van der Waals surface area contributed by atoms with Crippen molar-refractivity contribution in [3.05, 3.63) is 40.7 Å². The van der Waals surface area contributed by atoms with E-state index in [1.165, 1.54) is 0 Å². The van der Waals surface area contributed by atoms with E-state index in [0.29, 0.717) is 28.3 Å². The van der Waals surface area contributed by atoms with Gasteiger partial charge < -0.3 is 9.73 Å². The minimum Gasteiger partial charge on any atom is -0.441 e. The third kappa shape index (κ3) is 5.87. The molecule has 1 amide bonds. The first-order chi connectivity index (χ1) is 11.5. The predicted octanol–water partition coefficient (Wildman–Crippen LogP) is 4.70. The lowest BCUT2D eigenvalue weighted by atomic mass is 10.1.